The van der Waals surface area contributed by atoms with Crippen molar-refractivity contribution in [3.8, 4) is 0 Å². The Hall–Kier alpha value is -1.69. The maximum absolute atomic E-state index is 12.9. The molecule has 1 unspecified atom stereocenters. The van der Waals surface area contributed by atoms with E-state index >= 15 is 0 Å². The zero-order valence-electron chi connectivity index (χ0n) is 15.8. The van der Waals surface area contributed by atoms with Crippen molar-refractivity contribution in [2.24, 2.45) is 11.3 Å². The SMILES string of the molecule is CN(C)C(=O)CCn1cnc2sc3c(c2c1=O)CCC(C(C)(C)C)C3. The summed E-state index contributed by atoms with van der Waals surface area (Å²) in [6.45, 7) is 7.27. The lowest BCUT2D eigenvalue weighted by Gasteiger charge is -2.33. The average Bonchev–Trinajstić information content (AvgIpc) is 2.91. The molecule has 2 heterocycles. The summed E-state index contributed by atoms with van der Waals surface area (Å²) in [5, 5.41) is 0.784. The van der Waals surface area contributed by atoms with E-state index in [9.17, 15) is 9.59 Å². The molecule has 25 heavy (non-hydrogen) atoms. The first kappa shape index (κ1) is 18.1. The van der Waals surface area contributed by atoms with Crippen LogP contribution in [-0.4, -0.2) is 34.5 Å². The van der Waals surface area contributed by atoms with Crippen LogP contribution < -0.4 is 5.56 Å². The molecule has 5 nitrogen and oxygen atoms in total. The summed E-state index contributed by atoms with van der Waals surface area (Å²) in [5.74, 6) is 0.667. The molecular formula is C19H27N3O2S. The summed E-state index contributed by atoms with van der Waals surface area (Å²) in [6, 6.07) is 0. The first-order valence-corrected chi connectivity index (χ1v) is 9.70. The summed E-state index contributed by atoms with van der Waals surface area (Å²) < 4.78 is 1.59. The third-order valence-corrected chi connectivity index (χ3v) is 6.49. The van der Waals surface area contributed by atoms with Crippen molar-refractivity contribution >= 4 is 27.5 Å². The van der Waals surface area contributed by atoms with Crippen LogP contribution in [0.5, 0.6) is 0 Å². The van der Waals surface area contributed by atoms with Crippen molar-refractivity contribution in [3.05, 3.63) is 27.1 Å². The maximum Gasteiger partial charge on any atom is 0.262 e. The maximum atomic E-state index is 12.9. The van der Waals surface area contributed by atoms with Gasteiger partial charge in [0.2, 0.25) is 5.91 Å². The van der Waals surface area contributed by atoms with Crippen LogP contribution in [-0.2, 0) is 24.2 Å². The third kappa shape index (κ3) is 3.50. The van der Waals surface area contributed by atoms with E-state index in [4.69, 9.17) is 0 Å². The minimum atomic E-state index is 0.00302. The van der Waals surface area contributed by atoms with Gasteiger partial charge in [-0.05, 0) is 36.2 Å². The Morgan fingerprint density at radius 2 is 2.12 bits per heavy atom. The van der Waals surface area contributed by atoms with Gasteiger partial charge in [-0.3, -0.25) is 14.2 Å². The van der Waals surface area contributed by atoms with Gasteiger partial charge in [0.05, 0.1) is 11.7 Å². The third-order valence-electron chi connectivity index (χ3n) is 5.33. The lowest BCUT2D eigenvalue weighted by molar-refractivity contribution is -0.128. The topological polar surface area (TPSA) is 55.2 Å². The molecule has 136 valence electrons. The van der Waals surface area contributed by atoms with Gasteiger partial charge in [-0.15, -0.1) is 11.3 Å². The molecule has 2 aromatic rings. The van der Waals surface area contributed by atoms with Gasteiger partial charge in [-0.2, -0.15) is 0 Å². The number of fused-ring (bicyclic) bond motifs is 3. The number of amides is 1. The lowest BCUT2D eigenvalue weighted by atomic mass is 9.72. The van der Waals surface area contributed by atoms with Crippen LogP contribution in [0.4, 0.5) is 0 Å². The fourth-order valence-electron chi connectivity index (χ4n) is 3.54. The first-order valence-electron chi connectivity index (χ1n) is 8.88. The fraction of sp³-hybridized carbons (Fsp3) is 0.632. The van der Waals surface area contributed by atoms with Gasteiger partial charge in [0.15, 0.2) is 0 Å². The second-order valence-corrected chi connectivity index (χ2v) is 9.35. The molecule has 0 aromatic carbocycles. The quantitative estimate of drug-likeness (QED) is 0.844. The highest BCUT2D eigenvalue weighted by atomic mass is 32.1. The molecule has 2 aromatic heterocycles. The van der Waals surface area contributed by atoms with Crippen LogP contribution in [0.1, 0.15) is 44.1 Å². The second-order valence-electron chi connectivity index (χ2n) is 8.27. The molecule has 0 aliphatic heterocycles. The van der Waals surface area contributed by atoms with E-state index in [0.717, 1.165) is 29.5 Å². The minimum absolute atomic E-state index is 0.00302. The number of carbonyl (C=O) groups excluding carboxylic acids is 1. The van der Waals surface area contributed by atoms with E-state index in [1.54, 1.807) is 41.2 Å². The molecular weight excluding hydrogens is 334 g/mol. The Bertz CT molecular complexity index is 858. The molecule has 0 radical (unpaired) electrons. The van der Waals surface area contributed by atoms with Crippen molar-refractivity contribution in [3.63, 3.8) is 0 Å². The molecule has 0 spiro atoms. The van der Waals surface area contributed by atoms with Crippen molar-refractivity contribution < 1.29 is 4.79 Å². The monoisotopic (exact) mass is 361 g/mol. The molecule has 1 atom stereocenters. The summed E-state index contributed by atoms with van der Waals surface area (Å²) in [7, 11) is 3.46. The predicted molar refractivity (Wildman–Crippen MR) is 102 cm³/mol. The molecule has 0 saturated heterocycles. The number of nitrogens with zero attached hydrogens (tertiary/aromatic N) is 3. The molecule has 3 rings (SSSR count). The van der Waals surface area contributed by atoms with Crippen molar-refractivity contribution in [1.29, 1.82) is 0 Å². The predicted octanol–water partition coefficient (Wildman–Crippen LogP) is 3.09. The van der Waals surface area contributed by atoms with Crippen LogP contribution in [0.25, 0.3) is 10.2 Å². The largest absolute Gasteiger partial charge is 0.349 e. The smallest absolute Gasteiger partial charge is 0.262 e. The fourth-order valence-corrected chi connectivity index (χ4v) is 4.80. The lowest BCUT2D eigenvalue weighted by Crippen LogP contribution is -2.28. The van der Waals surface area contributed by atoms with Gasteiger partial charge in [-0.25, -0.2) is 4.98 Å². The molecule has 0 fully saturated rings. The van der Waals surface area contributed by atoms with Crippen LogP contribution in [0.2, 0.25) is 0 Å². The standard InChI is InChI=1S/C19H27N3O2S/c1-19(2,3)12-6-7-13-14(10-12)25-17-16(13)18(24)22(11-20-17)9-8-15(23)21(4)5/h11-12H,6-10H2,1-5H3. The van der Waals surface area contributed by atoms with Crippen LogP contribution in [0.3, 0.4) is 0 Å². The average molecular weight is 362 g/mol. The number of hydrogen-bond acceptors (Lipinski definition) is 4. The summed E-state index contributed by atoms with van der Waals surface area (Å²) in [5.41, 5.74) is 1.49. The molecule has 0 bridgehead atoms. The second kappa shape index (κ2) is 6.56. The highest BCUT2D eigenvalue weighted by Gasteiger charge is 2.31. The summed E-state index contributed by atoms with van der Waals surface area (Å²) in [6.07, 6.45) is 5.03. The zero-order valence-corrected chi connectivity index (χ0v) is 16.6. The molecule has 1 aliphatic carbocycles. The van der Waals surface area contributed by atoms with Gasteiger partial charge >= 0.3 is 0 Å². The van der Waals surface area contributed by atoms with Gasteiger partial charge in [0.25, 0.3) is 5.56 Å². The molecule has 0 N–H and O–H groups in total. The molecule has 0 saturated carbocycles. The number of carbonyl (C=O) groups is 1. The van der Waals surface area contributed by atoms with Crippen molar-refractivity contribution in [2.45, 2.75) is 53.0 Å². The first-order chi connectivity index (χ1) is 11.7. The molecule has 6 heteroatoms. The van der Waals surface area contributed by atoms with Gasteiger partial charge in [0.1, 0.15) is 4.83 Å². The highest BCUT2D eigenvalue weighted by molar-refractivity contribution is 7.18. The number of aromatic nitrogens is 2. The van der Waals surface area contributed by atoms with E-state index in [1.807, 2.05) is 0 Å². The van der Waals surface area contributed by atoms with Crippen LogP contribution in [0.15, 0.2) is 11.1 Å². The van der Waals surface area contributed by atoms with E-state index in [1.165, 1.54) is 10.4 Å². The number of rotatable bonds is 3. The van der Waals surface area contributed by atoms with Crippen LogP contribution >= 0.6 is 11.3 Å². The summed E-state index contributed by atoms with van der Waals surface area (Å²) >= 11 is 1.67. The van der Waals surface area contributed by atoms with E-state index in [0.29, 0.717) is 18.9 Å². The van der Waals surface area contributed by atoms with Gasteiger partial charge < -0.3 is 4.90 Å². The summed E-state index contributed by atoms with van der Waals surface area (Å²) in [4.78, 5) is 33.0. The molecule has 1 amide bonds. The molecule has 1 aliphatic rings. The Morgan fingerprint density at radius 1 is 1.40 bits per heavy atom. The Kier molecular flexibility index (Phi) is 4.75. The number of aryl methyl sites for hydroxylation is 2. The zero-order chi connectivity index (χ0) is 18.4. The van der Waals surface area contributed by atoms with E-state index < -0.39 is 0 Å². The number of thiophene rings is 1. The van der Waals surface area contributed by atoms with Crippen LogP contribution in [0, 0.1) is 11.3 Å². The van der Waals surface area contributed by atoms with Gasteiger partial charge in [-0.1, -0.05) is 20.8 Å². The Morgan fingerprint density at radius 3 is 2.76 bits per heavy atom. The van der Waals surface area contributed by atoms with Crippen molar-refractivity contribution in [1.82, 2.24) is 14.5 Å². The highest BCUT2D eigenvalue weighted by Crippen LogP contribution is 2.41. The minimum Gasteiger partial charge on any atom is -0.349 e. The van der Waals surface area contributed by atoms with E-state index in [-0.39, 0.29) is 16.9 Å². The van der Waals surface area contributed by atoms with E-state index in [2.05, 4.69) is 25.8 Å². The Balaban J connectivity index is 1.93. The van der Waals surface area contributed by atoms with Crippen molar-refractivity contribution in [2.75, 3.05) is 14.1 Å². The van der Waals surface area contributed by atoms with Gasteiger partial charge in [0, 0.05) is 31.9 Å². The number of hydrogen-bond donors (Lipinski definition) is 0. The normalized spacial score (nSPS) is 17.6. The Labute approximate surface area is 152 Å².